The van der Waals surface area contributed by atoms with E-state index in [-0.39, 0.29) is 41.3 Å². The zero-order chi connectivity index (χ0) is 24.4. The second-order valence-electron chi connectivity index (χ2n) is 13.4. The molecule has 6 saturated carbocycles. The molecule has 186 valence electrons. The van der Waals surface area contributed by atoms with Gasteiger partial charge < -0.3 is 29.5 Å². The van der Waals surface area contributed by atoms with Crippen molar-refractivity contribution in [2.24, 2.45) is 39.9 Å². The largest absolute Gasteiger partial charge is 0.632 e. The van der Waals surface area contributed by atoms with Crippen LogP contribution in [-0.2, 0) is 19.1 Å². The number of nitrogens with zero attached hydrogens (tertiary/aromatic N) is 1. The molecular formula is C26H35NO7. The first-order valence-electron chi connectivity index (χ1n) is 12.8. The summed E-state index contributed by atoms with van der Waals surface area (Å²) in [6.45, 7) is 11.7. The third kappa shape index (κ3) is 1.86. The SMILES string of the molecule is C=C1CC23CC4C5C6(C)CC(OC(=O)C(C)C)CC57C2C(O)C1C(OC(C)=O)C3(O)C7[N+]4([O-])C6. The van der Waals surface area contributed by atoms with Crippen LogP contribution in [0.2, 0.25) is 0 Å². The minimum Gasteiger partial charge on any atom is -0.632 e. The Balaban J connectivity index is 1.44. The average molecular weight is 474 g/mol. The van der Waals surface area contributed by atoms with Crippen LogP contribution in [0.25, 0.3) is 0 Å². The van der Waals surface area contributed by atoms with Gasteiger partial charge in [0.25, 0.3) is 0 Å². The van der Waals surface area contributed by atoms with Crippen molar-refractivity contribution in [1.82, 2.24) is 0 Å². The van der Waals surface area contributed by atoms with Gasteiger partial charge in [0.2, 0.25) is 0 Å². The molecule has 2 N–H and O–H groups in total. The van der Waals surface area contributed by atoms with E-state index >= 15 is 0 Å². The van der Waals surface area contributed by atoms with Gasteiger partial charge in [-0.25, -0.2) is 0 Å². The van der Waals surface area contributed by atoms with Gasteiger partial charge >= 0.3 is 11.9 Å². The Kier molecular flexibility index (Phi) is 3.68. The van der Waals surface area contributed by atoms with Crippen molar-refractivity contribution in [1.29, 1.82) is 0 Å². The van der Waals surface area contributed by atoms with Crippen molar-refractivity contribution in [3.8, 4) is 0 Å². The van der Waals surface area contributed by atoms with Crippen LogP contribution in [0.5, 0.6) is 0 Å². The van der Waals surface area contributed by atoms with Crippen molar-refractivity contribution < 1.29 is 33.9 Å². The summed E-state index contributed by atoms with van der Waals surface area (Å²) in [5, 5.41) is 39.4. The highest BCUT2D eigenvalue weighted by atomic mass is 16.6. The van der Waals surface area contributed by atoms with Gasteiger partial charge in [-0.15, -0.1) is 0 Å². The molecule has 3 aliphatic heterocycles. The van der Waals surface area contributed by atoms with Gasteiger partial charge in [0.05, 0.1) is 24.6 Å². The Morgan fingerprint density at radius 1 is 1.21 bits per heavy atom. The highest BCUT2D eigenvalue weighted by Gasteiger charge is 2.99. The van der Waals surface area contributed by atoms with Crippen molar-refractivity contribution in [3.63, 3.8) is 0 Å². The molecular weight excluding hydrogens is 438 g/mol. The van der Waals surface area contributed by atoms with Crippen LogP contribution in [0.3, 0.4) is 0 Å². The summed E-state index contributed by atoms with van der Waals surface area (Å²) in [7, 11) is 0. The van der Waals surface area contributed by atoms with E-state index in [1.54, 1.807) is 0 Å². The standard InChI is InChI=1S/C26H35NO7/c1-11(2)21(30)34-14-7-23(5)10-27(32)15-9-24-6-12(3)16-17(29)19(24)25(8-14,18(15)23)22(27)26(24,31)20(16)33-13(4)28/h11,14-20,22,29,31H,3,6-10H2,1-2,4-5H3. The number of ether oxygens (including phenoxy) is 2. The predicted octanol–water partition coefficient (Wildman–Crippen LogP) is 1.67. The van der Waals surface area contributed by atoms with Crippen LogP contribution < -0.4 is 0 Å². The van der Waals surface area contributed by atoms with Gasteiger partial charge in [-0.1, -0.05) is 32.9 Å². The van der Waals surface area contributed by atoms with Crippen LogP contribution in [-0.4, -0.2) is 69.3 Å². The Hall–Kier alpha value is -1.48. The molecule has 0 amide bonds. The number of aliphatic hydroxyl groups is 2. The number of fused-ring (bicyclic) bond motifs is 1. The average Bonchev–Trinajstić information content (AvgIpc) is 3.04. The summed E-state index contributed by atoms with van der Waals surface area (Å²) in [6.07, 6.45) is -0.00202. The lowest BCUT2D eigenvalue weighted by atomic mass is 9.39. The molecule has 8 heteroatoms. The van der Waals surface area contributed by atoms with Crippen LogP contribution >= 0.6 is 0 Å². The van der Waals surface area contributed by atoms with Crippen molar-refractivity contribution in [3.05, 3.63) is 17.4 Å². The van der Waals surface area contributed by atoms with Crippen LogP contribution in [0, 0.1) is 45.1 Å². The molecule has 6 aliphatic carbocycles. The number of carbonyl (C=O) groups is 2. The monoisotopic (exact) mass is 473 g/mol. The molecule has 8 nitrogen and oxygen atoms in total. The number of quaternary nitrogens is 1. The van der Waals surface area contributed by atoms with Gasteiger partial charge in [0.1, 0.15) is 18.2 Å². The topological polar surface area (TPSA) is 116 Å². The van der Waals surface area contributed by atoms with E-state index in [0.29, 0.717) is 32.2 Å². The molecule has 0 aromatic heterocycles. The minimum absolute atomic E-state index is 0.0430. The lowest BCUT2D eigenvalue weighted by Crippen LogP contribution is -2.79. The minimum atomic E-state index is -1.52. The first-order valence-corrected chi connectivity index (χ1v) is 12.8. The maximum Gasteiger partial charge on any atom is 0.308 e. The fourth-order valence-corrected chi connectivity index (χ4v) is 11.8. The Labute approximate surface area is 199 Å². The molecule has 9 fully saturated rings. The molecule has 9 aliphatic rings. The number of hydrogen-bond donors (Lipinski definition) is 2. The maximum absolute atomic E-state index is 14.8. The molecule has 3 heterocycles. The summed E-state index contributed by atoms with van der Waals surface area (Å²) in [6, 6.07) is -0.847. The second kappa shape index (κ2) is 5.74. The number of hydrogen-bond acceptors (Lipinski definition) is 7. The quantitative estimate of drug-likeness (QED) is 0.277. The van der Waals surface area contributed by atoms with E-state index in [0.717, 1.165) is 5.57 Å². The normalized spacial score (nSPS) is 61.4. The molecule has 3 saturated heterocycles. The van der Waals surface area contributed by atoms with E-state index in [2.05, 4.69) is 13.5 Å². The van der Waals surface area contributed by atoms with E-state index in [1.165, 1.54) is 6.92 Å². The van der Waals surface area contributed by atoms with Gasteiger partial charge in [-0.2, -0.15) is 0 Å². The van der Waals surface area contributed by atoms with Crippen LogP contribution in [0.15, 0.2) is 12.2 Å². The molecule has 13 atom stereocenters. The van der Waals surface area contributed by atoms with E-state index in [1.807, 2.05) is 13.8 Å². The van der Waals surface area contributed by atoms with Crippen molar-refractivity contribution in [2.75, 3.05) is 6.54 Å². The summed E-state index contributed by atoms with van der Waals surface area (Å²) >= 11 is 0. The predicted molar refractivity (Wildman–Crippen MR) is 118 cm³/mol. The molecule has 0 aromatic rings. The van der Waals surface area contributed by atoms with Crippen LogP contribution in [0.1, 0.15) is 53.4 Å². The highest BCUT2D eigenvalue weighted by Crippen LogP contribution is 2.89. The fourth-order valence-electron chi connectivity index (χ4n) is 11.8. The molecule has 13 unspecified atom stereocenters. The summed E-state index contributed by atoms with van der Waals surface area (Å²) in [4.78, 5) is 24.8. The molecule has 2 spiro atoms. The Morgan fingerprint density at radius 3 is 2.56 bits per heavy atom. The molecule has 9 rings (SSSR count). The number of rotatable bonds is 3. The zero-order valence-corrected chi connectivity index (χ0v) is 20.3. The maximum atomic E-state index is 14.8. The van der Waals surface area contributed by atoms with Gasteiger partial charge in [0, 0.05) is 47.3 Å². The number of carbonyl (C=O) groups excluding carboxylic acids is 2. The lowest BCUT2D eigenvalue weighted by molar-refractivity contribution is -0.929. The fraction of sp³-hybridized carbons (Fsp3) is 0.846. The summed E-state index contributed by atoms with van der Waals surface area (Å²) in [5.41, 5.74) is -2.44. The van der Waals surface area contributed by atoms with Gasteiger partial charge in [-0.05, 0) is 19.3 Å². The third-order valence-electron chi connectivity index (χ3n) is 11.6. The lowest BCUT2D eigenvalue weighted by Gasteiger charge is -2.68. The molecule has 0 aromatic carbocycles. The second-order valence-corrected chi connectivity index (χ2v) is 13.4. The highest BCUT2D eigenvalue weighted by molar-refractivity contribution is 5.71. The van der Waals surface area contributed by atoms with Crippen LogP contribution in [0.4, 0.5) is 0 Å². The Bertz CT molecular complexity index is 1060. The molecule has 9 bridgehead atoms. The number of hydroxylamine groups is 3. The summed E-state index contributed by atoms with van der Waals surface area (Å²) < 4.78 is 11.3. The van der Waals surface area contributed by atoms with E-state index in [4.69, 9.17) is 9.47 Å². The Morgan fingerprint density at radius 2 is 1.91 bits per heavy atom. The molecule has 34 heavy (non-hydrogen) atoms. The smallest absolute Gasteiger partial charge is 0.308 e. The number of aliphatic hydroxyl groups excluding tert-OH is 1. The zero-order valence-electron chi connectivity index (χ0n) is 20.3. The van der Waals surface area contributed by atoms with E-state index in [9.17, 15) is 25.0 Å². The summed E-state index contributed by atoms with van der Waals surface area (Å²) in [5.74, 6) is -1.88. The molecule has 0 radical (unpaired) electrons. The first-order chi connectivity index (χ1) is 15.8. The van der Waals surface area contributed by atoms with E-state index < -0.39 is 51.2 Å². The van der Waals surface area contributed by atoms with Crippen molar-refractivity contribution >= 4 is 11.9 Å². The van der Waals surface area contributed by atoms with Gasteiger partial charge in [-0.3, -0.25) is 9.59 Å². The number of esters is 2. The van der Waals surface area contributed by atoms with Crippen molar-refractivity contribution in [2.45, 2.75) is 89.4 Å². The number of piperidine rings is 2. The third-order valence-corrected chi connectivity index (χ3v) is 11.6. The first kappa shape index (κ1) is 21.8. The van der Waals surface area contributed by atoms with Gasteiger partial charge in [0.15, 0.2) is 5.60 Å².